The molecule has 1 aromatic heterocycles. The minimum atomic E-state index is -0.792. The first-order chi connectivity index (χ1) is 12.7. The van der Waals surface area contributed by atoms with Gasteiger partial charge >= 0.3 is 0 Å². The Morgan fingerprint density at radius 2 is 1.81 bits per heavy atom. The van der Waals surface area contributed by atoms with Crippen LogP contribution in [0.15, 0.2) is 42.7 Å². The summed E-state index contributed by atoms with van der Waals surface area (Å²) in [5.41, 5.74) is 1.51. The predicted octanol–water partition coefficient (Wildman–Crippen LogP) is 3.08. The lowest BCUT2D eigenvalue weighted by Gasteiger charge is -2.28. The van der Waals surface area contributed by atoms with Gasteiger partial charge in [0, 0.05) is 50.7 Å². The number of rotatable bonds is 8. The zero-order valence-electron chi connectivity index (χ0n) is 14.9. The number of aromatic nitrogens is 1. The van der Waals surface area contributed by atoms with Crippen LogP contribution in [0.3, 0.4) is 0 Å². The Labute approximate surface area is 153 Å². The van der Waals surface area contributed by atoms with E-state index in [2.05, 4.69) is 14.8 Å². The molecule has 0 unspecified atom stereocenters. The molecule has 6 heteroatoms. The van der Waals surface area contributed by atoms with Crippen LogP contribution in [0.2, 0.25) is 0 Å². The highest BCUT2D eigenvalue weighted by Crippen LogP contribution is 2.16. The molecule has 1 aliphatic heterocycles. The van der Waals surface area contributed by atoms with Crippen LogP contribution in [-0.2, 0) is 17.8 Å². The Morgan fingerprint density at radius 3 is 2.58 bits per heavy atom. The highest BCUT2D eigenvalue weighted by molar-refractivity contribution is 5.19. The molecule has 0 aliphatic carbocycles. The van der Waals surface area contributed by atoms with Crippen molar-refractivity contribution < 1.29 is 13.5 Å². The molecule has 1 aromatic carbocycles. The molecule has 0 bridgehead atoms. The Hall–Kier alpha value is -1.89. The van der Waals surface area contributed by atoms with Gasteiger partial charge in [-0.2, -0.15) is 0 Å². The lowest BCUT2D eigenvalue weighted by molar-refractivity contribution is 0.0358. The van der Waals surface area contributed by atoms with Gasteiger partial charge in [0.2, 0.25) is 0 Å². The molecule has 0 radical (unpaired) electrons. The maximum absolute atomic E-state index is 14.1. The number of halogens is 2. The van der Waals surface area contributed by atoms with Gasteiger partial charge in [-0.25, -0.2) is 8.78 Å². The smallest absolute Gasteiger partial charge is 0.163 e. The van der Waals surface area contributed by atoms with Gasteiger partial charge in [0.25, 0.3) is 0 Å². The minimum Gasteiger partial charge on any atom is -0.379 e. The van der Waals surface area contributed by atoms with Crippen molar-refractivity contribution in [1.82, 2.24) is 14.8 Å². The molecule has 4 nitrogen and oxygen atoms in total. The summed E-state index contributed by atoms with van der Waals surface area (Å²) in [5.74, 6) is -1.54. The fourth-order valence-electron chi connectivity index (χ4n) is 3.21. The van der Waals surface area contributed by atoms with Crippen LogP contribution in [0, 0.1) is 11.6 Å². The van der Waals surface area contributed by atoms with Crippen LogP contribution >= 0.6 is 0 Å². The number of morpholine rings is 1. The second kappa shape index (κ2) is 9.71. The van der Waals surface area contributed by atoms with Crippen molar-refractivity contribution in [2.75, 3.05) is 39.4 Å². The SMILES string of the molecule is Fc1cccc(CN(CCCN2CCOCC2)Cc2ccncc2)c1F. The number of pyridine rings is 1. The molecule has 140 valence electrons. The van der Waals surface area contributed by atoms with Crippen molar-refractivity contribution in [2.45, 2.75) is 19.5 Å². The van der Waals surface area contributed by atoms with Crippen molar-refractivity contribution in [3.05, 3.63) is 65.5 Å². The first kappa shape index (κ1) is 18.9. The van der Waals surface area contributed by atoms with E-state index in [1.165, 1.54) is 0 Å². The minimum absolute atomic E-state index is 0.384. The molecule has 3 rings (SSSR count). The molecule has 0 saturated carbocycles. The quantitative estimate of drug-likeness (QED) is 0.722. The van der Waals surface area contributed by atoms with Gasteiger partial charge in [0.05, 0.1) is 13.2 Å². The van der Waals surface area contributed by atoms with Crippen LogP contribution in [0.25, 0.3) is 0 Å². The van der Waals surface area contributed by atoms with E-state index in [0.717, 1.165) is 57.4 Å². The summed E-state index contributed by atoms with van der Waals surface area (Å²) in [6.07, 6.45) is 4.48. The summed E-state index contributed by atoms with van der Waals surface area (Å²) in [6, 6.07) is 8.28. The molecule has 1 saturated heterocycles. The molecule has 1 fully saturated rings. The predicted molar refractivity (Wildman–Crippen MR) is 96.6 cm³/mol. The van der Waals surface area contributed by atoms with E-state index in [-0.39, 0.29) is 0 Å². The van der Waals surface area contributed by atoms with Crippen LogP contribution in [-0.4, -0.2) is 54.2 Å². The number of ether oxygens (including phenoxy) is 1. The molecule has 0 N–H and O–H groups in total. The van der Waals surface area contributed by atoms with Gasteiger partial charge < -0.3 is 4.74 Å². The average molecular weight is 361 g/mol. The van der Waals surface area contributed by atoms with Gasteiger partial charge in [0.15, 0.2) is 11.6 Å². The maximum atomic E-state index is 14.1. The molecule has 0 amide bonds. The van der Waals surface area contributed by atoms with E-state index >= 15 is 0 Å². The van der Waals surface area contributed by atoms with E-state index < -0.39 is 11.6 Å². The van der Waals surface area contributed by atoms with Crippen molar-refractivity contribution in [1.29, 1.82) is 0 Å². The summed E-state index contributed by atoms with van der Waals surface area (Å²) in [4.78, 5) is 8.59. The van der Waals surface area contributed by atoms with E-state index in [9.17, 15) is 8.78 Å². The Kier molecular flexibility index (Phi) is 7.05. The van der Waals surface area contributed by atoms with Gasteiger partial charge in [-0.1, -0.05) is 12.1 Å². The van der Waals surface area contributed by atoms with Gasteiger partial charge in [-0.3, -0.25) is 14.8 Å². The summed E-state index contributed by atoms with van der Waals surface area (Å²) in [7, 11) is 0. The molecular weight excluding hydrogens is 336 g/mol. The molecular formula is C20H25F2N3O. The van der Waals surface area contributed by atoms with Crippen LogP contribution in [0.4, 0.5) is 8.78 Å². The first-order valence-corrected chi connectivity index (χ1v) is 9.06. The molecule has 2 aromatic rings. The van der Waals surface area contributed by atoms with E-state index in [4.69, 9.17) is 4.74 Å². The van der Waals surface area contributed by atoms with Crippen molar-refractivity contribution in [2.24, 2.45) is 0 Å². The molecule has 26 heavy (non-hydrogen) atoms. The van der Waals surface area contributed by atoms with Crippen LogP contribution < -0.4 is 0 Å². The summed E-state index contributed by atoms with van der Waals surface area (Å²) < 4.78 is 33.0. The highest BCUT2D eigenvalue weighted by atomic mass is 19.2. The lowest BCUT2D eigenvalue weighted by Crippen LogP contribution is -2.38. The Morgan fingerprint density at radius 1 is 1.04 bits per heavy atom. The number of benzene rings is 1. The monoisotopic (exact) mass is 361 g/mol. The van der Waals surface area contributed by atoms with Crippen LogP contribution in [0.5, 0.6) is 0 Å². The second-order valence-electron chi connectivity index (χ2n) is 6.59. The molecule has 2 heterocycles. The fraction of sp³-hybridized carbons (Fsp3) is 0.450. The van der Waals surface area contributed by atoms with E-state index in [0.29, 0.717) is 18.7 Å². The molecule has 1 aliphatic rings. The molecule has 0 spiro atoms. The number of hydrogen-bond acceptors (Lipinski definition) is 4. The third-order valence-electron chi connectivity index (χ3n) is 4.63. The normalized spacial score (nSPS) is 15.5. The Bertz CT molecular complexity index is 678. The third-order valence-corrected chi connectivity index (χ3v) is 4.63. The second-order valence-corrected chi connectivity index (χ2v) is 6.59. The summed E-state index contributed by atoms with van der Waals surface area (Å²) >= 11 is 0. The summed E-state index contributed by atoms with van der Waals surface area (Å²) in [6.45, 7) is 6.37. The molecule has 0 atom stereocenters. The fourth-order valence-corrected chi connectivity index (χ4v) is 3.21. The topological polar surface area (TPSA) is 28.6 Å². The van der Waals surface area contributed by atoms with E-state index in [1.54, 1.807) is 24.5 Å². The van der Waals surface area contributed by atoms with Gasteiger partial charge in [0.1, 0.15) is 0 Å². The average Bonchev–Trinajstić information content (AvgIpc) is 2.67. The lowest BCUT2D eigenvalue weighted by atomic mass is 10.1. The van der Waals surface area contributed by atoms with Crippen molar-refractivity contribution >= 4 is 0 Å². The third kappa shape index (κ3) is 5.56. The van der Waals surface area contributed by atoms with E-state index in [1.807, 2.05) is 12.1 Å². The maximum Gasteiger partial charge on any atom is 0.163 e. The highest BCUT2D eigenvalue weighted by Gasteiger charge is 2.14. The van der Waals surface area contributed by atoms with Gasteiger partial charge in [-0.15, -0.1) is 0 Å². The number of nitrogens with zero attached hydrogens (tertiary/aromatic N) is 3. The first-order valence-electron chi connectivity index (χ1n) is 9.06. The standard InChI is InChI=1S/C20H25F2N3O/c21-19-4-1-3-18(20(19)22)16-25(15-17-5-7-23-8-6-17)10-2-9-24-11-13-26-14-12-24/h1,3-8H,2,9-16H2. The van der Waals surface area contributed by atoms with Crippen molar-refractivity contribution in [3.8, 4) is 0 Å². The van der Waals surface area contributed by atoms with Crippen molar-refractivity contribution in [3.63, 3.8) is 0 Å². The zero-order valence-corrected chi connectivity index (χ0v) is 14.9. The number of hydrogen-bond donors (Lipinski definition) is 0. The van der Waals surface area contributed by atoms with Gasteiger partial charge in [-0.05, 0) is 36.7 Å². The Balaban J connectivity index is 1.61. The van der Waals surface area contributed by atoms with Crippen LogP contribution in [0.1, 0.15) is 17.5 Å². The summed E-state index contributed by atoms with van der Waals surface area (Å²) in [5, 5.41) is 0. The largest absolute Gasteiger partial charge is 0.379 e. The zero-order chi connectivity index (χ0) is 18.2.